The largest absolute Gasteiger partial charge is 0.355 e. The van der Waals surface area contributed by atoms with E-state index in [-0.39, 0.29) is 11.6 Å². The average Bonchev–Trinajstić information content (AvgIpc) is 2.60. The summed E-state index contributed by atoms with van der Waals surface area (Å²) in [4.78, 5) is 6.63. The molecule has 0 amide bonds. The fourth-order valence-corrected chi connectivity index (χ4v) is 4.05. The lowest BCUT2D eigenvalue weighted by atomic mass is 9.99. The van der Waals surface area contributed by atoms with E-state index in [0.29, 0.717) is 23.6 Å². The normalized spacial score (nSPS) is 17.1. The molecule has 0 radical (unpaired) electrons. The summed E-state index contributed by atoms with van der Waals surface area (Å²) in [5, 5.41) is 6.41. The summed E-state index contributed by atoms with van der Waals surface area (Å²) in [6, 6.07) is 4.19. The Balaban J connectivity index is 1.85. The predicted molar refractivity (Wildman–Crippen MR) is 108 cm³/mol. The van der Waals surface area contributed by atoms with Gasteiger partial charge in [-0.2, -0.15) is 0 Å². The summed E-state index contributed by atoms with van der Waals surface area (Å²) in [6.45, 7) is 6.59. The summed E-state index contributed by atoms with van der Waals surface area (Å²) in [5.41, 5.74) is 1.22. The van der Waals surface area contributed by atoms with Crippen molar-refractivity contribution in [2.75, 3.05) is 39.5 Å². The van der Waals surface area contributed by atoms with Gasteiger partial charge in [0.15, 0.2) is 15.8 Å². The molecule has 1 aromatic rings. The molecule has 0 aromatic heterocycles. The van der Waals surface area contributed by atoms with Crippen molar-refractivity contribution in [3.05, 3.63) is 35.1 Å². The number of hydrogen-bond acceptors (Lipinski definition) is 4. The van der Waals surface area contributed by atoms with Crippen LogP contribution in [0.25, 0.3) is 0 Å². The molecular formula is C19H31FN4O2S. The minimum atomic E-state index is -3.19. The number of nitrogens with zero attached hydrogens (tertiary/aromatic N) is 2. The van der Waals surface area contributed by atoms with Crippen LogP contribution in [0.1, 0.15) is 30.9 Å². The molecule has 1 aromatic carbocycles. The highest BCUT2D eigenvalue weighted by molar-refractivity contribution is 7.89. The van der Waals surface area contributed by atoms with Gasteiger partial charge in [-0.15, -0.1) is 0 Å². The molecule has 0 bridgehead atoms. The molecule has 0 spiro atoms. The number of guanidine groups is 1. The zero-order valence-electron chi connectivity index (χ0n) is 16.5. The van der Waals surface area contributed by atoms with Gasteiger partial charge in [0.25, 0.3) is 0 Å². The van der Waals surface area contributed by atoms with Gasteiger partial charge in [0.2, 0.25) is 0 Å². The Morgan fingerprint density at radius 3 is 2.59 bits per heavy atom. The second-order valence-electron chi connectivity index (χ2n) is 7.36. The van der Waals surface area contributed by atoms with Crippen molar-refractivity contribution in [3.8, 4) is 0 Å². The molecule has 0 saturated carbocycles. The molecule has 1 heterocycles. The minimum Gasteiger partial charge on any atom is -0.355 e. The lowest BCUT2D eigenvalue weighted by Gasteiger charge is -2.30. The molecule has 1 saturated heterocycles. The number of likely N-dealkylation sites (tertiary alicyclic amines) is 1. The number of hydrogen-bond donors (Lipinski definition) is 2. The second-order valence-corrected chi connectivity index (χ2v) is 9.50. The maximum absolute atomic E-state index is 13.6. The van der Waals surface area contributed by atoms with Crippen LogP contribution in [-0.4, -0.2) is 58.8 Å². The van der Waals surface area contributed by atoms with Crippen molar-refractivity contribution in [3.63, 3.8) is 0 Å². The number of halogens is 1. The Morgan fingerprint density at radius 1 is 1.26 bits per heavy atom. The zero-order chi connectivity index (χ0) is 19.9. The predicted octanol–water partition coefficient (Wildman–Crippen LogP) is 1.77. The van der Waals surface area contributed by atoms with Crippen LogP contribution in [0.2, 0.25) is 0 Å². The van der Waals surface area contributed by atoms with Crippen LogP contribution < -0.4 is 10.6 Å². The van der Waals surface area contributed by atoms with Crippen molar-refractivity contribution in [1.29, 1.82) is 0 Å². The van der Waals surface area contributed by atoms with Crippen molar-refractivity contribution < 1.29 is 12.8 Å². The van der Waals surface area contributed by atoms with E-state index in [9.17, 15) is 12.8 Å². The van der Waals surface area contributed by atoms with Gasteiger partial charge in [-0.3, -0.25) is 4.99 Å². The lowest BCUT2D eigenvalue weighted by molar-refractivity contribution is 0.195. The summed E-state index contributed by atoms with van der Waals surface area (Å²) in [5.74, 6) is 0.946. The third kappa shape index (κ3) is 7.84. The highest BCUT2D eigenvalue weighted by Crippen LogP contribution is 2.15. The minimum absolute atomic E-state index is 0.107. The molecule has 8 heteroatoms. The van der Waals surface area contributed by atoms with Gasteiger partial charge in [0.05, 0.1) is 5.75 Å². The van der Waals surface area contributed by atoms with Crippen LogP contribution in [0, 0.1) is 11.7 Å². The number of nitrogens with one attached hydrogen (secondary N) is 2. The number of rotatable bonds is 7. The van der Waals surface area contributed by atoms with Crippen LogP contribution in [0.4, 0.5) is 4.39 Å². The Hall–Kier alpha value is -1.67. The maximum atomic E-state index is 13.6. The third-order valence-electron chi connectivity index (χ3n) is 4.85. The summed E-state index contributed by atoms with van der Waals surface area (Å²) in [6.07, 6.45) is 3.67. The maximum Gasteiger partial charge on any atom is 0.191 e. The Morgan fingerprint density at radius 2 is 1.96 bits per heavy atom. The first kappa shape index (κ1) is 21.6. The van der Waals surface area contributed by atoms with Crippen LogP contribution in [0.3, 0.4) is 0 Å². The van der Waals surface area contributed by atoms with Gasteiger partial charge in [-0.1, -0.05) is 13.0 Å². The van der Waals surface area contributed by atoms with E-state index in [0.717, 1.165) is 32.1 Å². The van der Waals surface area contributed by atoms with E-state index < -0.39 is 9.84 Å². The summed E-state index contributed by atoms with van der Waals surface area (Å²) >= 11 is 0. The first-order valence-electron chi connectivity index (χ1n) is 9.38. The van der Waals surface area contributed by atoms with Crippen LogP contribution in [0.15, 0.2) is 23.2 Å². The molecular weight excluding hydrogens is 367 g/mol. The standard InChI is InChI=1S/C19H31FN4O2S/c1-15-6-9-24(10-7-15)11-8-22-19(21-2)23-13-17-12-18(20)5-4-16(17)14-27(3,25)26/h4-5,12,15H,6-11,13-14H2,1-3H3,(H2,21,22,23). The van der Waals surface area contributed by atoms with Crippen molar-refractivity contribution in [2.24, 2.45) is 10.9 Å². The molecule has 1 fully saturated rings. The fraction of sp³-hybridized carbons (Fsp3) is 0.632. The van der Waals surface area contributed by atoms with E-state index in [1.807, 2.05) is 0 Å². The van der Waals surface area contributed by atoms with Crippen molar-refractivity contribution >= 4 is 15.8 Å². The van der Waals surface area contributed by atoms with Crippen LogP contribution in [0.5, 0.6) is 0 Å². The number of aliphatic imine (C=N–C) groups is 1. The number of benzene rings is 1. The monoisotopic (exact) mass is 398 g/mol. The fourth-order valence-electron chi connectivity index (χ4n) is 3.20. The molecule has 152 valence electrons. The molecule has 27 heavy (non-hydrogen) atoms. The van der Waals surface area contributed by atoms with E-state index in [2.05, 4.69) is 27.4 Å². The quantitative estimate of drug-likeness (QED) is 0.541. The molecule has 1 aliphatic heterocycles. The smallest absolute Gasteiger partial charge is 0.191 e. The Bertz CT molecular complexity index is 744. The Kier molecular flexibility index (Phi) is 8.04. The van der Waals surface area contributed by atoms with Gasteiger partial charge in [-0.25, -0.2) is 12.8 Å². The number of sulfone groups is 1. The molecule has 2 rings (SSSR count). The van der Waals surface area contributed by atoms with Gasteiger partial charge >= 0.3 is 0 Å². The molecule has 1 aliphatic rings. The van der Waals surface area contributed by atoms with Gasteiger partial charge in [0, 0.05) is 32.9 Å². The molecule has 0 aliphatic carbocycles. The SMILES string of the molecule is CN=C(NCCN1CCC(C)CC1)NCc1cc(F)ccc1CS(C)(=O)=O. The first-order chi connectivity index (χ1) is 12.8. The van der Waals surface area contributed by atoms with Crippen molar-refractivity contribution in [1.82, 2.24) is 15.5 Å². The van der Waals surface area contributed by atoms with E-state index in [1.54, 1.807) is 7.05 Å². The van der Waals surface area contributed by atoms with E-state index >= 15 is 0 Å². The molecule has 6 nitrogen and oxygen atoms in total. The van der Waals surface area contributed by atoms with Gasteiger partial charge in [0.1, 0.15) is 5.82 Å². The van der Waals surface area contributed by atoms with Gasteiger partial charge in [-0.05, 0) is 55.1 Å². The average molecular weight is 399 g/mol. The molecule has 2 N–H and O–H groups in total. The number of piperidine rings is 1. The highest BCUT2D eigenvalue weighted by atomic mass is 32.2. The van der Waals surface area contributed by atoms with Crippen molar-refractivity contribution in [2.45, 2.75) is 32.1 Å². The second kappa shape index (κ2) is 10.0. The van der Waals surface area contributed by atoms with Crippen LogP contribution in [-0.2, 0) is 22.1 Å². The van der Waals surface area contributed by atoms with E-state index in [4.69, 9.17) is 0 Å². The van der Waals surface area contributed by atoms with Gasteiger partial charge < -0.3 is 15.5 Å². The third-order valence-corrected chi connectivity index (χ3v) is 5.69. The molecule has 0 unspecified atom stereocenters. The zero-order valence-corrected chi connectivity index (χ0v) is 17.3. The summed E-state index contributed by atoms with van der Waals surface area (Å²) in [7, 11) is -1.51. The van der Waals surface area contributed by atoms with E-state index in [1.165, 1.54) is 37.3 Å². The molecule has 0 atom stereocenters. The van der Waals surface area contributed by atoms with Crippen LogP contribution >= 0.6 is 0 Å². The highest BCUT2D eigenvalue weighted by Gasteiger charge is 2.15. The summed E-state index contributed by atoms with van der Waals surface area (Å²) < 4.78 is 36.8. The lowest BCUT2D eigenvalue weighted by Crippen LogP contribution is -2.43. The Labute approximate surface area is 162 Å². The topological polar surface area (TPSA) is 73.8 Å². The first-order valence-corrected chi connectivity index (χ1v) is 11.4.